The van der Waals surface area contributed by atoms with Crippen LogP contribution < -0.4 is 10.6 Å². The number of fused-ring (bicyclic) bond motifs is 1. The van der Waals surface area contributed by atoms with Crippen LogP contribution in [-0.2, 0) is 4.79 Å². The monoisotopic (exact) mass is 389 g/mol. The fourth-order valence-corrected chi connectivity index (χ4v) is 3.03. The second-order valence-electron chi connectivity index (χ2n) is 5.46. The minimum Gasteiger partial charge on any atom is -0.338 e. The number of amides is 3. The van der Waals surface area contributed by atoms with Gasteiger partial charge in [-0.15, -0.1) is 10.2 Å². The SMILES string of the molecule is CC(C)CCNC(=O)NC(=O)CSc1nnc2c(Cl)cc(Cl)cn12. The summed E-state index contributed by atoms with van der Waals surface area (Å²) >= 11 is 13.1. The first-order valence-electron chi connectivity index (χ1n) is 7.27. The summed E-state index contributed by atoms with van der Waals surface area (Å²) in [4.78, 5) is 23.4. The number of carbonyl (C=O) groups is 2. The minimum absolute atomic E-state index is 0.0164. The molecule has 0 bridgehead atoms. The highest BCUT2D eigenvalue weighted by Crippen LogP contribution is 2.25. The van der Waals surface area contributed by atoms with E-state index in [1.165, 1.54) is 0 Å². The topological polar surface area (TPSA) is 88.4 Å². The first-order chi connectivity index (χ1) is 11.4. The fraction of sp³-hybridized carbons (Fsp3) is 0.429. The van der Waals surface area contributed by atoms with E-state index >= 15 is 0 Å². The van der Waals surface area contributed by atoms with Crippen molar-refractivity contribution in [2.75, 3.05) is 12.3 Å². The Morgan fingerprint density at radius 3 is 2.79 bits per heavy atom. The number of pyridine rings is 1. The summed E-state index contributed by atoms with van der Waals surface area (Å²) in [6.45, 7) is 4.64. The molecule has 0 aliphatic heterocycles. The molecule has 0 atom stereocenters. The molecule has 0 unspecified atom stereocenters. The van der Waals surface area contributed by atoms with Gasteiger partial charge in [0.05, 0.1) is 15.8 Å². The molecular formula is C14H17Cl2N5O2S. The van der Waals surface area contributed by atoms with Gasteiger partial charge in [-0.05, 0) is 18.4 Å². The number of thioether (sulfide) groups is 1. The van der Waals surface area contributed by atoms with Crippen molar-refractivity contribution in [2.45, 2.75) is 25.4 Å². The Balaban J connectivity index is 1.87. The van der Waals surface area contributed by atoms with Gasteiger partial charge in [-0.25, -0.2) is 4.79 Å². The van der Waals surface area contributed by atoms with Crippen molar-refractivity contribution >= 4 is 52.5 Å². The molecule has 2 heterocycles. The van der Waals surface area contributed by atoms with E-state index in [1.54, 1.807) is 16.7 Å². The number of halogens is 2. The zero-order valence-electron chi connectivity index (χ0n) is 13.2. The molecule has 0 saturated heterocycles. The van der Waals surface area contributed by atoms with E-state index in [1.807, 2.05) is 0 Å². The van der Waals surface area contributed by atoms with Gasteiger partial charge in [0.1, 0.15) is 0 Å². The summed E-state index contributed by atoms with van der Waals surface area (Å²) in [6, 6.07) is 1.06. The van der Waals surface area contributed by atoms with Crippen molar-refractivity contribution in [3.63, 3.8) is 0 Å². The molecule has 2 aromatic heterocycles. The van der Waals surface area contributed by atoms with E-state index in [0.29, 0.717) is 33.3 Å². The van der Waals surface area contributed by atoms with Gasteiger partial charge in [0.2, 0.25) is 5.91 Å². The summed E-state index contributed by atoms with van der Waals surface area (Å²) < 4.78 is 1.60. The highest BCUT2D eigenvalue weighted by Gasteiger charge is 2.13. The minimum atomic E-state index is -0.501. The number of hydrogen-bond donors (Lipinski definition) is 2. The van der Waals surface area contributed by atoms with Crippen LogP contribution in [-0.4, -0.2) is 38.8 Å². The van der Waals surface area contributed by atoms with Crippen molar-refractivity contribution < 1.29 is 9.59 Å². The molecule has 3 amide bonds. The number of aromatic nitrogens is 3. The molecule has 0 spiro atoms. The number of nitrogens with one attached hydrogen (secondary N) is 2. The van der Waals surface area contributed by atoms with Crippen LogP contribution >= 0.6 is 35.0 Å². The lowest BCUT2D eigenvalue weighted by molar-refractivity contribution is -0.117. The van der Waals surface area contributed by atoms with Crippen LogP contribution in [0.4, 0.5) is 4.79 Å². The smallest absolute Gasteiger partial charge is 0.321 e. The Morgan fingerprint density at radius 1 is 1.33 bits per heavy atom. The maximum atomic E-state index is 11.8. The van der Waals surface area contributed by atoms with E-state index in [0.717, 1.165) is 18.2 Å². The predicted molar refractivity (Wildman–Crippen MR) is 94.7 cm³/mol. The number of rotatable bonds is 6. The van der Waals surface area contributed by atoms with E-state index in [2.05, 4.69) is 34.7 Å². The average molecular weight is 390 g/mol. The molecule has 0 aliphatic rings. The first kappa shape index (κ1) is 18.8. The van der Waals surface area contributed by atoms with Crippen LogP contribution in [0.2, 0.25) is 10.0 Å². The van der Waals surface area contributed by atoms with Crippen molar-refractivity contribution in [3.8, 4) is 0 Å². The molecule has 0 radical (unpaired) electrons. The molecule has 24 heavy (non-hydrogen) atoms. The largest absolute Gasteiger partial charge is 0.338 e. The van der Waals surface area contributed by atoms with Crippen LogP contribution in [0.3, 0.4) is 0 Å². The lowest BCUT2D eigenvalue weighted by Gasteiger charge is -2.07. The highest BCUT2D eigenvalue weighted by molar-refractivity contribution is 7.99. The molecule has 0 aliphatic carbocycles. The number of urea groups is 1. The Labute approximate surface area is 153 Å². The summed E-state index contributed by atoms with van der Waals surface area (Å²) in [5.41, 5.74) is 0.454. The Bertz CT molecular complexity index is 750. The quantitative estimate of drug-likeness (QED) is 0.741. The molecule has 2 aromatic rings. The molecule has 0 fully saturated rings. The van der Waals surface area contributed by atoms with Gasteiger partial charge in [0.15, 0.2) is 10.8 Å². The molecule has 0 saturated carbocycles. The molecule has 7 nitrogen and oxygen atoms in total. The van der Waals surface area contributed by atoms with Gasteiger partial charge in [0, 0.05) is 12.7 Å². The second-order valence-corrected chi connectivity index (χ2v) is 7.24. The zero-order chi connectivity index (χ0) is 17.7. The maximum absolute atomic E-state index is 11.8. The summed E-state index contributed by atoms with van der Waals surface area (Å²) in [6.07, 6.45) is 2.46. The predicted octanol–water partition coefficient (Wildman–Crippen LogP) is 3.00. The summed E-state index contributed by atoms with van der Waals surface area (Å²) in [5, 5.41) is 14.1. The van der Waals surface area contributed by atoms with Crippen molar-refractivity contribution in [1.82, 2.24) is 25.2 Å². The molecular weight excluding hydrogens is 373 g/mol. The van der Waals surface area contributed by atoms with E-state index < -0.39 is 11.9 Å². The fourth-order valence-electron chi connectivity index (χ4n) is 1.81. The lowest BCUT2D eigenvalue weighted by Crippen LogP contribution is -2.40. The van der Waals surface area contributed by atoms with Crippen LogP contribution in [0.25, 0.3) is 5.65 Å². The van der Waals surface area contributed by atoms with Crippen LogP contribution in [0.5, 0.6) is 0 Å². The standard InChI is InChI=1S/C14H17Cl2N5O2S/c1-8(2)3-4-17-13(23)18-11(22)7-24-14-20-19-12-10(16)5-9(15)6-21(12)14/h5-6,8H,3-4,7H2,1-2H3,(H2,17,18,22,23). The van der Waals surface area contributed by atoms with E-state index in [9.17, 15) is 9.59 Å². The Morgan fingerprint density at radius 2 is 2.08 bits per heavy atom. The maximum Gasteiger partial charge on any atom is 0.321 e. The van der Waals surface area contributed by atoms with Crippen LogP contribution in [0.15, 0.2) is 17.4 Å². The van der Waals surface area contributed by atoms with Crippen molar-refractivity contribution in [2.24, 2.45) is 5.92 Å². The average Bonchev–Trinajstić information content (AvgIpc) is 2.87. The van der Waals surface area contributed by atoms with Gasteiger partial charge >= 0.3 is 6.03 Å². The van der Waals surface area contributed by atoms with Crippen LogP contribution in [0.1, 0.15) is 20.3 Å². The number of carbonyl (C=O) groups excluding carboxylic acids is 2. The highest BCUT2D eigenvalue weighted by atomic mass is 35.5. The van der Waals surface area contributed by atoms with Gasteiger partial charge < -0.3 is 5.32 Å². The zero-order valence-corrected chi connectivity index (χ0v) is 15.5. The van der Waals surface area contributed by atoms with Gasteiger partial charge in [0.25, 0.3) is 0 Å². The number of nitrogens with zero attached hydrogens (tertiary/aromatic N) is 3. The molecule has 2 rings (SSSR count). The third kappa shape index (κ3) is 5.25. The second kappa shape index (κ2) is 8.55. The van der Waals surface area contributed by atoms with Gasteiger partial charge in [-0.2, -0.15) is 0 Å². The lowest BCUT2D eigenvalue weighted by atomic mass is 10.1. The Kier molecular flexibility index (Phi) is 6.70. The molecule has 10 heteroatoms. The number of hydrogen-bond acceptors (Lipinski definition) is 5. The molecule has 130 valence electrons. The van der Waals surface area contributed by atoms with E-state index in [4.69, 9.17) is 23.2 Å². The van der Waals surface area contributed by atoms with Crippen molar-refractivity contribution in [1.29, 1.82) is 0 Å². The van der Waals surface area contributed by atoms with Gasteiger partial charge in [-0.1, -0.05) is 48.8 Å². The molecule has 0 aromatic carbocycles. The van der Waals surface area contributed by atoms with Gasteiger partial charge in [-0.3, -0.25) is 14.5 Å². The normalized spacial score (nSPS) is 11.0. The third-order valence-electron chi connectivity index (χ3n) is 2.99. The van der Waals surface area contributed by atoms with Crippen molar-refractivity contribution in [3.05, 3.63) is 22.3 Å². The van der Waals surface area contributed by atoms with Crippen LogP contribution in [0, 0.1) is 5.92 Å². The first-order valence-corrected chi connectivity index (χ1v) is 9.01. The third-order valence-corrected chi connectivity index (χ3v) is 4.42. The summed E-state index contributed by atoms with van der Waals surface area (Å²) in [7, 11) is 0. The Hall–Kier alpha value is -1.51. The molecule has 2 N–H and O–H groups in total. The van der Waals surface area contributed by atoms with E-state index in [-0.39, 0.29) is 5.75 Å². The summed E-state index contributed by atoms with van der Waals surface area (Å²) in [5.74, 6) is 0.0751. The number of imide groups is 1.